The molecule has 2 amide bonds. The van der Waals surface area contributed by atoms with Crippen LogP contribution in [0.4, 0.5) is 9.93 Å². The Labute approximate surface area is 127 Å². The van der Waals surface area contributed by atoms with Crippen molar-refractivity contribution in [1.29, 1.82) is 0 Å². The van der Waals surface area contributed by atoms with Crippen LogP contribution in [0.15, 0.2) is 0 Å². The Hall–Kier alpha value is -1.22. The van der Waals surface area contributed by atoms with E-state index in [-0.39, 0.29) is 24.4 Å². The first kappa shape index (κ1) is 14.7. The van der Waals surface area contributed by atoms with Gasteiger partial charge in [0.15, 0.2) is 9.84 Å². The molecule has 2 heterocycles. The van der Waals surface area contributed by atoms with Gasteiger partial charge in [-0.2, -0.15) is 0 Å². The second kappa shape index (κ2) is 5.20. The Morgan fingerprint density at radius 2 is 2.05 bits per heavy atom. The zero-order valence-electron chi connectivity index (χ0n) is 11.9. The smallest absolute Gasteiger partial charge is 0.319 e. The molecule has 1 saturated heterocycles. The highest BCUT2D eigenvalue weighted by Gasteiger charge is 2.38. The van der Waals surface area contributed by atoms with Gasteiger partial charge < -0.3 is 4.90 Å². The van der Waals surface area contributed by atoms with Gasteiger partial charge in [-0.3, -0.25) is 5.32 Å². The molecule has 21 heavy (non-hydrogen) atoms. The Bertz CT molecular complexity index is 653. The number of anilines is 1. The molecule has 0 unspecified atom stereocenters. The van der Waals surface area contributed by atoms with Crippen LogP contribution in [-0.2, 0) is 9.84 Å². The van der Waals surface area contributed by atoms with Gasteiger partial charge in [0.2, 0.25) is 5.13 Å². The van der Waals surface area contributed by atoms with Gasteiger partial charge in [-0.1, -0.05) is 11.3 Å². The summed E-state index contributed by atoms with van der Waals surface area (Å²) in [6.07, 6.45) is 2.28. The van der Waals surface area contributed by atoms with Crippen LogP contribution in [0.2, 0.25) is 0 Å². The summed E-state index contributed by atoms with van der Waals surface area (Å²) in [5.74, 6) is 0.516. The highest BCUT2D eigenvalue weighted by atomic mass is 32.2. The quantitative estimate of drug-likeness (QED) is 0.886. The molecule has 2 fully saturated rings. The molecule has 2 atom stereocenters. The molecule has 1 aliphatic carbocycles. The third-order valence-electron chi connectivity index (χ3n) is 4.20. The first-order valence-corrected chi connectivity index (χ1v) is 9.54. The molecule has 7 nitrogen and oxygen atoms in total. The average Bonchev–Trinajstić information content (AvgIpc) is 3.17. The van der Waals surface area contributed by atoms with Crippen molar-refractivity contribution in [3.05, 3.63) is 5.01 Å². The van der Waals surface area contributed by atoms with E-state index in [0.717, 1.165) is 17.8 Å². The molecule has 9 heteroatoms. The van der Waals surface area contributed by atoms with Crippen molar-refractivity contribution in [2.45, 2.75) is 43.9 Å². The maximum absolute atomic E-state index is 12.3. The zero-order valence-corrected chi connectivity index (χ0v) is 13.6. The molecule has 2 aliphatic rings. The number of aromatic nitrogens is 2. The number of sulfone groups is 1. The third-order valence-corrected chi connectivity index (χ3v) is 7.48. The summed E-state index contributed by atoms with van der Waals surface area (Å²) in [7, 11) is -3.10. The summed E-state index contributed by atoms with van der Waals surface area (Å²) in [5, 5.41) is 11.7. The van der Waals surface area contributed by atoms with Gasteiger partial charge in [-0.05, 0) is 26.7 Å². The molecule has 0 aromatic carbocycles. The largest absolute Gasteiger partial charge is 0.324 e. The van der Waals surface area contributed by atoms with Crippen molar-refractivity contribution < 1.29 is 13.2 Å². The fourth-order valence-electron chi connectivity index (χ4n) is 2.40. The highest BCUT2D eigenvalue weighted by Crippen LogP contribution is 2.42. The van der Waals surface area contributed by atoms with E-state index < -0.39 is 15.1 Å². The lowest BCUT2D eigenvalue weighted by Gasteiger charge is -2.37. The van der Waals surface area contributed by atoms with E-state index in [1.165, 1.54) is 11.3 Å². The zero-order chi connectivity index (χ0) is 15.2. The minimum absolute atomic E-state index is 0.00930. The summed E-state index contributed by atoms with van der Waals surface area (Å²) in [6, 6.07) is -0.651. The molecule has 1 saturated carbocycles. The van der Waals surface area contributed by atoms with Crippen molar-refractivity contribution in [2.24, 2.45) is 0 Å². The fraction of sp³-hybridized carbons (Fsp3) is 0.750. The minimum Gasteiger partial charge on any atom is -0.319 e. The van der Waals surface area contributed by atoms with Crippen LogP contribution in [0.3, 0.4) is 0 Å². The molecule has 1 aromatic heterocycles. The van der Waals surface area contributed by atoms with Crippen LogP contribution in [0.25, 0.3) is 0 Å². The van der Waals surface area contributed by atoms with E-state index in [2.05, 4.69) is 15.5 Å². The molecule has 0 spiro atoms. The molecule has 1 aromatic rings. The monoisotopic (exact) mass is 330 g/mol. The van der Waals surface area contributed by atoms with E-state index in [1.54, 1.807) is 18.7 Å². The van der Waals surface area contributed by atoms with E-state index in [1.807, 2.05) is 0 Å². The first-order valence-electron chi connectivity index (χ1n) is 7.01. The SMILES string of the molecule is C[C@@H]1[C@H](C)N(C(=O)Nc2nnc(C3CC3)s2)CCS1(=O)=O. The van der Waals surface area contributed by atoms with Gasteiger partial charge in [0.05, 0.1) is 11.0 Å². The predicted molar refractivity (Wildman–Crippen MR) is 80.3 cm³/mol. The Kier molecular flexibility index (Phi) is 3.64. The van der Waals surface area contributed by atoms with Crippen LogP contribution in [0, 0.1) is 0 Å². The van der Waals surface area contributed by atoms with E-state index >= 15 is 0 Å². The van der Waals surface area contributed by atoms with Crippen LogP contribution >= 0.6 is 11.3 Å². The normalized spacial score (nSPS) is 28.4. The van der Waals surface area contributed by atoms with Gasteiger partial charge in [-0.25, -0.2) is 13.2 Å². The molecule has 1 N–H and O–H groups in total. The van der Waals surface area contributed by atoms with E-state index in [0.29, 0.717) is 11.0 Å². The Morgan fingerprint density at radius 3 is 2.71 bits per heavy atom. The number of rotatable bonds is 2. The summed E-state index contributed by atoms with van der Waals surface area (Å²) < 4.78 is 23.7. The first-order chi connectivity index (χ1) is 9.88. The van der Waals surface area contributed by atoms with Gasteiger partial charge >= 0.3 is 6.03 Å². The summed E-state index contributed by atoms with van der Waals surface area (Å²) in [4.78, 5) is 13.8. The van der Waals surface area contributed by atoms with Crippen molar-refractivity contribution in [3.63, 3.8) is 0 Å². The number of hydrogen-bond acceptors (Lipinski definition) is 6. The van der Waals surface area contributed by atoms with Crippen molar-refractivity contribution >= 4 is 32.3 Å². The topological polar surface area (TPSA) is 92.3 Å². The van der Waals surface area contributed by atoms with Gasteiger partial charge in [0.1, 0.15) is 5.01 Å². The number of urea groups is 1. The van der Waals surface area contributed by atoms with E-state index in [9.17, 15) is 13.2 Å². The second-order valence-electron chi connectivity index (χ2n) is 5.66. The lowest BCUT2D eigenvalue weighted by atomic mass is 10.2. The number of nitrogens with zero attached hydrogens (tertiary/aromatic N) is 3. The molecular weight excluding hydrogens is 312 g/mol. The second-order valence-corrected chi connectivity index (χ2v) is 9.14. The van der Waals surface area contributed by atoms with Crippen LogP contribution in [0.5, 0.6) is 0 Å². The number of amides is 2. The van der Waals surface area contributed by atoms with E-state index in [4.69, 9.17) is 0 Å². The van der Waals surface area contributed by atoms with Crippen LogP contribution in [-0.4, -0.2) is 53.1 Å². The maximum Gasteiger partial charge on any atom is 0.324 e. The lowest BCUT2D eigenvalue weighted by molar-refractivity contribution is 0.191. The number of carbonyl (C=O) groups excluding carboxylic acids is 1. The molecule has 3 rings (SSSR count). The van der Waals surface area contributed by atoms with Gasteiger partial charge in [-0.15, -0.1) is 10.2 Å². The number of hydrogen-bond donors (Lipinski definition) is 1. The van der Waals surface area contributed by atoms with Crippen molar-refractivity contribution in [1.82, 2.24) is 15.1 Å². The lowest BCUT2D eigenvalue weighted by Crippen LogP contribution is -2.55. The van der Waals surface area contributed by atoms with Gasteiger partial charge in [0, 0.05) is 18.5 Å². The number of carbonyl (C=O) groups is 1. The van der Waals surface area contributed by atoms with Crippen molar-refractivity contribution in [2.75, 3.05) is 17.6 Å². The summed E-state index contributed by atoms with van der Waals surface area (Å²) >= 11 is 1.40. The maximum atomic E-state index is 12.3. The van der Waals surface area contributed by atoms with Gasteiger partial charge in [0.25, 0.3) is 0 Å². The molecule has 0 bridgehead atoms. The average molecular weight is 330 g/mol. The Balaban J connectivity index is 1.67. The fourth-order valence-corrected chi connectivity index (χ4v) is 4.87. The van der Waals surface area contributed by atoms with Crippen LogP contribution < -0.4 is 5.32 Å². The summed E-state index contributed by atoms with van der Waals surface area (Å²) in [6.45, 7) is 3.63. The standard InChI is InChI=1S/C12H18N4O3S2/c1-7-8(2)21(18,19)6-5-16(7)12(17)13-11-15-14-10(20-11)9-3-4-9/h7-9H,3-6H2,1-2H3,(H,13,15,17)/t7-,8+/m0/s1. The van der Waals surface area contributed by atoms with Crippen molar-refractivity contribution in [3.8, 4) is 0 Å². The molecule has 0 radical (unpaired) electrons. The number of nitrogens with one attached hydrogen (secondary N) is 1. The molecule has 1 aliphatic heterocycles. The molecule has 116 valence electrons. The highest BCUT2D eigenvalue weighted by molar-refractivity contribution is 7.92. The third kappa shape index (κ3) is 2.89. The molecular formula is C12H18N4O3S2. The Morgan fingerprint density at radius 1 is 1.33 bits per heavy atom. The minimum atomic E-state index is -3.10. The van der Waals surface area contributed by atoms with Crippen LogP contribution in [0.1, 0.15) is 37.6 Å². The summed E-state index contributed by atoms with van der Waals surface area (Å²) in [5.41, 5.74) is 0. The predicted octanol–water partition coefficient (Wildman–Crippen LogP) is 1.45.